The number of carboxylic acid groups (broad SMARTS) is 1. The van der Waals surface area contributed by atoms with Crippen molar-refractivity contribution in [1.82, 2.24) is 20.9 Å². The van der Waals surface area contributed by atoms with Crippen LogP contribution in [-0.2, 0) is 46.4 Å². The van der Waals surface area contributed by atoms with Gasteiger partial charge in [0.15, 0.2) is 6.04 Å². The van der Waals surface area contributed by atoms with E-state index in [1.54, 1.807) is 57.2 Å². The monoisotopic (exact) mass is 740 g/mol. The van der Waals surface area contributed by atoms with Crippen molar-refractivity contribution < 1.29 is 52.8 Å². The number of benzene rings is 2. The van der Waals surface area contributed by atoms with Gasteiger partial charge in [0, 0.05) is 13.0 Å². The van der Waals surface area contributed by atoms with Gasteiger partial charge in [0.2, 0.25) is 11.8 Å². The molecule has 0 bridgehead atoms. The van der Waals surface area contributed by atoms with Gasteiger partial charge in [-0.1, -0.05) is 56.3 Å². The van der Waals surface area contributed by atoms with Crippen LogP contribution in [0.1, 0.15) is 71.9 Å². The minimum Gasteiger partial charge on any atom is -0.497 e. The molecule has 1 heterocycles. The Morgan fingerprint density at radius 2 is 1.53 bits per heavy atom. The number of nitrogens with one attached hydrogen (secondary N) is 3. The van der Waals surface area contributed by atoms with Crippen molar-refractivity contribution in [2.24, 2.45) is 5.92 Å². The van der Waals surface area contributed by atoms with Gasteiger partial charge in [-0.15, -0.1) is 0 Å². The average Bonchev–Trinajstić information content (AvgIpc) is 3.59. The normalized spacial score (nSPS) is 16.4. The first-order chi connectivity index (χ1) is 25.0. The number of methoxy groups -OCH3 is 1. The van der Waals surface area contributed by atoms with Crippen LogP contribution in [0.25, 0.3) is 0 Å². The molecular formula is C38H52N4O11. The van der Waals surface area contributed by atoms with Crippen molar-refractivity contribution in [2.45, 2.75) is 110 Å². The fraction of sp³-hybridized carbons (Fsp3) is 0.526. The molecule has 0 unspecified atom stereocenters. The Morgan fingerprint density at radius 3 is 2.11 bits per heavy atom. The average molecular weight is 741 g/mol. The quantitative estimate of drug-likeness (QED) is 0.144. The van der Waals surface area contributed by atoms with Gasteiger partial charge in [-0.2, -0.15) is 0 Å². The molecule has 15 nitrogen and oxygen atoms in total. The molecule has 4 N–H and O–H groups in total. The molecule has 0 aliphatic carbocycles. The number of aliphatic carboxylic acids is 1. The van der Waals surface area contributed by atoms with Crippen LogP contribution in [-0.4, -0.2) is 95.5 Å². The molecule has 15 heteroatoms. The van der Waals surface area contributed by atoms with Gasteiger partial charge in [-0.25, -0.2) is 19.2 Å². The van der Waals surface area contributed by atoms with Gasteiger partial charge in [0.25, 0.3) is 0 Å². The Labute approximate surface area is 310 Å². The third-order valence-corrected chi connectivity index (χ3v) is 8.26. The van der Waals surface area contributed by atoms with Gasteiger partial charge in [0.1, 0.15) is 42.2 Å². The molecule has 1 fully saturated rings. The summed E-state index contributed by atoms with van der Waals surface area (Å²) in [5, 5.41) is 17.4. The number of likely N-dealkylation sites (tertiary alicyclic amines) is 1. The largest absolute Gasteiger partial charge is 0.497 e. The van der Waals surface area contributed by atoms with Crippen LogP contribution in [0.4, 0.5) is 9.59 Å². The van der Waals surface area contributed by atoms with Gasteiger partial charge in [-0.3, -0.25) is 9.59 Å². The van der Waals surface area contributed by atoms with E-state index >= 15 is 0 Å². The molecule has 5 atom stereocenters. The van der Waals surface area contributed by atoms with E-state index in [2.05, 4.69) is 16.0 Å². The van der Waals surface area contributed by atoms with Crippen molar-refractivity contribution in [3.05, 3.63) is 65.7 Å². The molecule has 0 radical (unpaired) electrons. The van der Waals surface area contributed by atoms with E-state index < -0.39 is 71.8 Å². The van der Waals surface area contributed by atoms with Crippen LogP contribution in [0.2, 0.25) is 0 Å². The highest BCUT2D eigenvalue weighted by Gasteiger charge is 2.40. The summed E-state index contributed by atoms with van der Waals surface area (Å²) in [6.45, 7) is 10.2. The summed E-state index contributed by atoms with van der Waals surface area (Å²) in [6.07, 6.45) is -2.14. The standard InChI is InChI=1S/C38H52N4O11/c1-23(2)20-28(40-36(48)51-22-26-12-9-8-10-13-26)33(44)42-19-11-14-30(42)32(43)39-29(21-25-15-17-27(50-7)18-16-25)35(47)52-24(3)31(34(45)46)41-37(49)53-38(4,5)6/h8-10,12-13,15-18,23-24,28-31H,11,14,19-22H2,1-7H3,(H,39,43)(H,40,48)(H,41,49)(H,45,46)/t24-,28+,29+,30+,31+/m1/s1. The van der Waals surface area contributed by atoms with E-state index in [1.807, 2.05) is 32.0 Å². The first-order valence-electron chi connectivity index (χ1n) is 17.6. The van der Waals surface area contributed by atoms with Crippen molar-refractivity contribution in [1.29, 1.82) is 0 Å². The third-order valence-electron chi connectivity index (χ3n) is 8.26. The Kier molecular flexibility index (Phi) is 15.5. The van der Waals surface area contributed by atoms with Crippen LogP contribution >= 0.6 is 0 Å². The topological polar surface area (TPSA) is 199 Å². The second-order valence-electron chi connectivity index (χ2n) is 14.3. The minimum absolute atomic E-state index is 0.0123. The lowest BCUT2D eigenvalue weighted by Gasteiger charge is -2.30. The smallest absolute Gasteiger partial charge is 0.408 e. The van der Waals surface area contributed by atoms with Crippen LogP contribution < -0.4 is 20.7 Å². The number of rotatable bonds is 16. The van der Waals surface area contributed by atoms with Crippen molar-refractivity contribution in [3.8, 4) is 5.75 Å². The van der Waals surface area contributed by atoms with Crippen molar-refractivity contribution >= 4 is 35.9 Å². The number of alkyl carbamates (subject to hydrolysis) is 2. The number of nitrogens with zero attached hydrogens (tertiary/aromatic N) is 1. The van der Waals surface area contributed by atoms with Crippen molar-refractivity contribution in [3.63, 3.8) is 0 Å². The van der Waals surface area contributed by atoms with Gasteiger partial charge in [-0.05, 0) is 76.1 Å². The Balaban J connectivity index is 1.78. The summed E-state index contributed by atoms with van der Waals surface area (Å²) in [5.74, 6) is -2.95. The second kappa shape index (κ2) is 19.5. The summed E-state index contributed by atoms with van der Waals surface area (Å²) in [6, 6.07) is 10.9. The molecule has 53 heavy (non-hydrogen) atoms. The number of hydrogen-bond donors (Lipinski definition) is 4. The zero-order valence-electron chi connectivity index (χ0n) is 31.4. The highest BCUT2D eigenvalue weighted by Crippen LogP contribution is 2.22. The lowest BCUT2D eigenvalue weighted by Crippen LogP contribution is -2.56. The van der Waals surface area contributed by atoms with Crippen LogP contribution in [0.15, 0.2) is 54.6 Å². The predicted molar refractivity (Wildman–Crippen MR) is 193 cm³/mol. The number of ether oxygens (including phenoxy) is 4. The lowest BCUT2D eigenvalue weighted by molar-refractivity contribution is -0.158. The van der Waals surface area contributed by atoms with E-state index in [9.17, 15) is 33.9 Å². The van der Waals surface area contributed by atoms with Gasteiger partial charge in [0.05, 0.1) is 7.11 Å². The minimum atomic E-state index is -1.67. The fourth-order valence-corrected chi connectivity index (χ4v) is 5.71. The first-order valence-corrected chi connectivity index (χ1v) is 17.6. The lowest BCUT2D eigenvalue weighted by atomic mass is 10.0. The predicted octanol–water partition coefficient (Wildman–Crippen LogP) is 3.96. The second-order valence-corrected chi connectivity index (χ2v) is 14.3. The molecular weight excluding hydrogens is 688 g/mol. The zero-order valence-corrected chi connectivity index (χ0v) is 31.4. The van der Waals surface area contributed by atoms with Crippen molar-refractivity contribution in [2.75, 3.05) is 13.7 Å². The van der Waals surface area contributed by atoms with E-state index in [4.69, 9.17) is 18.9 Å². The van der Waals surface area contributed by atoms with E-state index in [-0.39, 0.29) is 31.9 Å². The molecule has 2 aromatic carbocycles. The molecule has 2 aromatic rings. The third kappa shape index (κ3) is 13.6. The fourth-order valence-electron chi connectivity index (χ4n) is 5.71. The maximum atomic E-state index is 13.9. The SMILES string of the molecule is COc1ccc(C[C@H](NC(=O)[C@@H]2CCCN2C(=O)[C@H](CC(C)C)NC(=O)OCc2ccccc2)C(=O)O[C@H](C)[C@H](NC(=O)OC(C)(C)C)C(=O)O)cc1. The molecule has 3 rings (SSSR count). The maximum Gasteiger partial charge on any atom is 0.408 e. The van der Waals surface area contributed by atoms with E-state index in [0.717, 1.165) is 5.56 Å². The maximum absolute atomic E-state index is 13.9. The number of amides is 4. The highest BCUT2D eigenvalue weighted by atomic mass is 16.6. The molecule has 4 amide bonds. The molecule has 1 saturated heterocycles. The zero-order chi connectivity index (χ0) is 39.3. The molecule has 0 spiro atoms. The van der Waals surface area contributed by atoms with Gasteiger partial charge < -0.3 is 44.9 Å². The molecule has 290 valence electrons. The van der Waals surface area contributed by atoms with E-state index in [1.165, 1.54) is 18.9 Å². The van der Waals surface area contributed by atoms with Crippen LogP contribution in [0.3, 0.4) is 0 Å². The number of carbonyl (C=O) groups is 6. The first kappa shape index (κ1) is 42.1. The number of hydrogen-bond acceptors (Lipinski definition) is 10. The number of esters is 1. The Morgan fingerprint density at radius 1 is 0.868 bits per heavy atom. The Hall–Kier alpha value is -5.34. The van der Waals surface area contributed by atoms with Crippen LogP contribution in [0.5, 0.6) is 5.75 Å². The summed E-state index contributed by atoms with van der Waals surface area (Å²) in [4.78, 5) is 80.0. The Bertz CT molecular complexity index is 1560. The molecule has 1 aliphatic rings. The van der Waals surface area contributed by atoms with Crippen LogP contribution in [0, 0.1) is 5.92 Å². The van der Waals surface area contributed by atoms with E-state index in [0.29, 0.717) is 24.2 Å². The number of carboxylic acids is 1. The van der Waals surface area contributed by atoms with Gasteiger partial charge >= 0.3 is 24.1 Å². The summed E-state index contributed by atoms with van der Waals surface area (Å²) in [7, 11) is 1.50. The molecule has 0 aromatic heterocycles. The summed E-state index contributed by atoms with van der Waals surface area (Å²) < 4.78 is 21.3. The highest BCUT2D eigenvalue weighted by molar-refractivity contribution is 5.93. The summed E-state index contributed by atoms with van der Waals surface area (Å²) >= 11 is 0. The summed E-state index contributed by atoms with van der Waals surface area (Å²) in [5.41, 5.74) is 0.491. The number of carbonyl (C=O) groups excluding carboxylic acids is 5. The molecule has 1 aliphatic heterocycles. The molecule has 0 saturated carbocycles.